The summed E-state index contributed by atoms with van der Waals surface area (Å²) in [5, 5.41) is 13.0. The molecule has 1 spiro atoms. The molecule has 0 aliphatic carbocycles. The third-order valence-electron chi connectivity index (χ3n) is 9.56. The van der Waals surface area contributed by atoms with E-state index < -0.39 is 11.5 Å². The number of anilines is 2. The van der Waals surface area contributed by atoms with E-state index in [0.29, 0.717) is 31.0 Å². The Bertz CT molecular complexity index is 1390. The van der Waals surface area contributed by atoms with Crippen molar-refractivity contribution in [2.75, 3.05) is 43.6 Å². The normalized spacial score (nSPS) is 22.6. The summed E-state index contributed by atoms with van der Waals surface area (Å²) in [6, 6.07) is 10.0. The molecule has 2 amide bonds. The van der Waals surface area contributed by atoms with Gasteiger partial charge >= 0.3 is 12.1 Å². The van der Waals surface area contributed by atoms with Crippen molar-refractivity contribution in [3.05, 3.63) is 47.0 Å². The summed E-state index contributed by atoms with van der Waals surface area (Å²) in [5.74, 6) is -0.462. The minimum absolute atomic E-state index is 0.0783. The summed E-state index contributed by atoms with van der Waals surface area (Å²) >= 11 is 0. The van der Waals surface area contributed by atoms with Crippen molar-refractivity contribution < 1.29 is 29.0 Å². The summed E-state index contributed by atoms with van der Waals surface area (Å²) < 4.78 is 10.8. The van der Waals surface area contributed by atoms with Crippen LogP contribution in [0.5, 0.6) is 0 Å². The van der Waals surface area contributed by atoms with E-state index in [2.05, 4.69) is 23.2 Å². The van der Waals surface area contributed by atoms with Gasteiger partial charge in [0.25, 0.3) is 0 Å². The maximum Gasteiger partial charge on any atom is 0.407 e. The highest BCUT2D eigenvalue weighted by Crippen LogP contribution is 2.50. The van der Waals surface area contributed by atoms with Crippen LogP contribution in [0.25, 0.3) is 11.1 Å². The number of carbonyl (C=O) groups excluding carboxylic acids is 2. The SMILES string of the molecule is CCN(c1cc(-c2ccc3c(c2)NC(=O)C32CCN(C(=O)O)C(C(C)(C)C)C2)cc(C(=O)OC)c1C)C1CCOCC1. The fourth-order valence-electron chi connectivity index (χ4n) is 7.18. The summed E-state index contributed by atoms with van der Waals surface area (Å²) in [6.45, 7) is 12.7. The molecule has 3 heterocycles. The number of methoxy groups -OCH3 is 1. The number of nitrogens with one attached hydrogen (secondary N) is 1. The monoisotopic (exact) mass is 577 g/mol. The molecule has 226 valence electrons. The highest BCUT2D eigenvalue weighted by Gasteiger charge is 2.54. The molecular weight excluding hydrogens is 534 g/mol. The Morgan fingerprint density at radius 2 is 1.88 bits per heavy atom. The quantitative estimate of drug-likeness (QED) is 0.430. The topological polar surface area (TPSA) is 108 Å². The fraction of sp³-hybridized carbons (Fsp3) is 0.545. The number of hydrogen-bond acceptors (Lipinski definition) is 6. The van der Waals surface area contributed by atoms with Crippen molar-refractivity contribution in [2.24, 2.45) is 5.41 Å². The molecule has 2 aromatic carbocycles. The van der Waals surface area contributed by atoms with E-state index in [9.17, 15) is 19.5 Å². The standard InChI is InChI=1S/C33H43N3O6/c1-7-35(23-10-14-42-15-11-23)27-18-22(16-24(20(27)2)29(37)41-6)21-8-9-25-26(17-21)34-30(38)33(25)12-13-36(31(39)40)28(19-33)32(3,4)5/h8-9,16-18,23,28H,7,10-15,19H2,1-6H3,(H,34,38)(H,39,40). The maximum absolute atomic E-state index is 13.6. The molecule has 42 heavy (non-hydrogen) atoms. The molecule has 9 heteroatoms. The van der Waals surface area contributed by atoms with Crippen LogP contribution >= 0.6 is 0 Å². The highest BCUT2D eigenvalue weighted by atomic mass is 16.5. The van der Waals surface area contributed by atoms with Gasteiger partial charge in [-0.15, -0.1) is 0 Å². The minimum atomic E-state index is -0.947. The van der Waals surface area contributed by atoms with Crippen molar-refractivity contribution in [1.29, 1.82) is 0 Å². The smallest absolute Gasteiger partial charge is 0.407 e. The van der Waals surface area contributed by atoms with Crippen LogP contribution in [-0.4, -0.2) is 73.5 Å². The highest BCUT2D eigenvalue weighted by molar-refractivity contribution is 6.07. The lowest BCUT2D eigenvalue weighted by atomic mass is 9.66. The third kappa shape index (κ3) is 5.12. The van der Waals surface area contributed by atoms with Gasteiger partial charge in [0.1, 0.15) is 0 Å². The molecule has 2 fully saturated rings. The van der Waals surface area contributed by atoms with Gasteiger partial charge < -0.3 is 29.7 Å². The first-order chi connectivity index (χ1) is 19.9. The van der Waals surface area contributed by atoms with Gasteiger partial charge in [0.05, 0.1) is 18.1 Å². The Morgan fingerprint density at radius 1 is 1.17 bits per heavy atom. The summed E-state index contributed by atoms with van der Waals surface area (Å²) in [7, 11) is 1.40. The Hall–Kier alpha value is -3.59. The number of benzene rings is 2. The average Bonchev–Trinajstić information content (AvgIpc) is 3.23. The van der Waals surface area contributed by atoms with Gasteiger partial charge in [0.15, 0.2) is 0 Å². The van der Waals surface area contributed by atoms with Gasteiger partial charge in [-0.3, -0.25) is 4.79 Å². The second-order valence-electron chi connectivity index (χ2n) is 12.9. The van der Waals surface area contributed by atoms with E-state index in [0.717, 1.165) is 66.2 Å². The second kappa shape index (κ2) is 11.2. The number of amides is 2. The number of likely N-dealkylation sites (tertiary alicyclic amines) is 1. The first-order valence-electron chi connectivity index (χ1n) is 14.9. The number of hydrogen-bond donors (Lipinski definition) is 2. The molecule has 2 aromatic rings. The van der Waals surface area contributed by atoms with E-state index in [1.54, 1.807) is 0 Å². The van der Waals surface area contributed by atoms with Crippen LogP contribution < -0.4 is 10.2 Å². The first-order valence-corrected chi connectivity index (χ1v) is 14.9. The Labute approximate surface area is 248 Å². The fourth-order valence-corrected chi connectivity index (χ4v) is 7.18. The van der Waals surface area contributed by atoms with Crippen molar-refractivity contribution in [3.63, 3.8) is 0 Å². The molecule has 0 aromatic heterocycles. The van der Waals surface area contributed by atoms with Crippen LogP contribution in [-0.2, 0) is 19.7 Å². The zero-order chi connectivity index (χ0) is 30.4. The number of piperidine rings is 1. The van der Waals surface area contributed by atoms with E-state index in [1.165, 1.54) is 12.0 Å². The number of nitrogens with zero attached hydrogens (tertiary/aromatic N) is 2. The number of esters is 1. The van der Waals surface area contributed by atoms with Crippen LogP contribution in [0.2, 0.25) is 0 Å². The summed E-state index contributed by atoms with van der Waals surface area (Å²) in [6.07, 6.45) is 1.76. The van der Waals surface area contributed by atoms with Gasteiger partial charge in [-0.1, -0.05) is 32.9 Å². The number of carbonyl (C=O) groups is 3. The predicted octanol–water partition coefficient (Wildman–Crippen LogP) is 5.83. The second-order valence-corrected chi connectivity index (χ2v) is 12.9. The van der Waals surface area contributed by atoms with Crippen LogP contribution in [0.3, 0.4) is 0 Å². The van der Waals surface area contributed by atoms with Crippen LogP contribution in [0.4, 0.5) is 16.2 Å². The zero-order valence-electron chi connectivity index (χ0n) is 25.6. The van der Waals surface area contributed by atoms with Crippen LogP contribution in [0, 0.1) is 12.3 Å². The lowest BCUT2D eigenvalue weighted by molar-refractivity contribution is -0.124. The number of fused-ring (bicyclic) bond motifs is 2. The Kier molecular flexibility index (Phi) is 8.00. The van der Waals surface area contributed by atoms with E-state index in [-0.39, 0.29) is 23.3 Å². The van der Waals surface area contributed by atoms with Gasteiger partial charge in [-0.2, -0.15) is 0 Å². The van der Waals surface area contributed by atoms with E-state index >= 15 is 0 Å². The van der Waals surface area contributed by atoms with E-state index in [1.807, 2.05) is 52.0 Å². The lowest BCUT2D eigenvalue weighted by Gasteiger charge is -2.48. The molecule has 0 radical (unpaired) electrons. The van der Waals surface area contributed by atoms with Crippen molar-refractivity contribution in [1.82, 2.24) is 4.90 Å². The third-order valence-corrected chi connectivity index (χ3v) is 9.56. The number of rotatable bonds is 5. The molecule has 0 bridgehead atoms. The molecular formula is C33H43N3O6. The molecule has 2 atom stereocenters. The summed E-state index contributed by atoms with van der Waals surface area (Å²) in [5.41, 5.74) is 4.70. The van der Waals surface area contributed by atoms with Gasteiger partial charge in [0, 0.05) is 49.8 Å². The van der Waals surface area contributed by atoms with Crippen molar-refractivity contribution >= 4 is 29.3 Å². The van der Waals surface area contributed by atoms with Crippen molar-refractivity contribution in [3.8, 4) is 11.1 Å². The molecule has 9 nitrogen and oxygen atoms in total. The van der Waals surface area contributed by atoms with Crippen molar-refractivity contribution in [2.45, 2.75) is 77.8 Å². The van der Waals surface area contributed by atoms with Crippen LogP contribution in [0.1, 0.15) is 74.9 Å². The Balaban J connectivity index is 1.56. The average molecular weight is 578 g/mol. The molecule has 0 saturated carbocycles. The predicted molar refractivity (Wildman–Crippen MR) is 162 cm³/mol. The van der Waals surface area contributed by atoms with Crippen LogP contribution in [0.15, 0.2) is 30.3 Å². The molecule has 3 aliphatic rings. The first kappa shape index (κ1) is 29.9. The lowest BCUT2D eigenvalue weighted by Crippen LogP contribution is -2.57. The van der Waals surface area contributed by atoms with Gasteiger partial charge in [-0.05, 0) is 85.4 Å². The largest absolute Gasteiger partial charge is 0.465 e. The molecule has 2 saturated heterocycles. The maximum atomic E-state index is 13.6. The Morgan fingerprint density at radius 3 is 2.50 bits per heavy atom. The molecule has 3 aliphatic heterocycles. The zero-order valence-corrected chi connectivity index (χ0v) is 25.6. The van der Waals surface area contributed by atoms with Gasteiger partial charge in [-0.25, -0.2) is 9.59 Å². The number of carboxylic acid groups (broad SMARTS) is 1. The molecule has 5 rings (SSSR count). The van der Waals surface area contributed by atoms with Gasteiger partial charge in [0.2, 0.25) is 5.91 Å². The molecule has 2 N–H and O–H groups in total. The molecule has 2 unspecified atom stereocenters. The summed E-state index contributed by atoms with van der Waals surface area (Å²) in [4.78, 5) is 42.4. The number of ether oxygens (including phenoxy) is 2. The van der Waals surface area contributed by atoms with E-state index in [4.69, 9.17) is 9.47 Å². The minimum Gasteiger partial charge on any atom is -0.465 e.